The number of aromatic hydroxyl groups is 1. The Morgan fingerprint density at radius 2 is 1.78 bits per heavy atom. The second kappa shape index (κ2) is 10.1. The molecule has 0 spiro atoms. The predicted octanol–water partition coefficient (Wildman–Crippen LogP) is 5.16. The molecule has 0 atom stereocenters. The van der Waals surface area contributed by atoms with Crippen LogP contribution in [0, 0.1) is 0 Å². The van der Waals surface area contributed by atoms with Gasteiger partial charge in [0.25, 0.3) is 5.91 Å². The third-order valence-corrected chi connectivity index (χ3v) is 6.15. The van der Waals surface area contributed by atoms with E-state index in [1.165, 1.54) is 0 Å². The van der Waals surface area contributed by atoms with Crippen LogP contribution in [0.15, 0.2) is 12.1 Å². The highest BCUT2D eigenvalue weighted by Crippen LogP contribution is 2.33. The SMILES string of the molecule is CCCSSCCNC(=O)c1cc(C(C)C)cc(C(C)C)c1O. The lowest BCUT2D eigenvalue weighted by atomic mass is 9.91. The Labute approximate surface area is 148 Å². The van der Waals surface area contributed by atoms with Crippen LogP contribution in [0.4, 0.5) is 0 Å². The molecule has 130 valence electrons. The fourth-order valence-corrected chi connectivity index (χ4v) is 4.17. The number of phenolic OH excluding ortho intramolecular Hbond substituents is 1. The number of hydrogen-bond acceptors (Lipinski definition) is 4. The molecule has 0 saturated carbocycles. The first kappa shape index (κ1) is 20.2. The molecular formula is C18H29NO2S2. The molecule has 0 heterocycles. The Morgan fingerprint density at radius 1 is 1.13 bits per heavy atom. The normalized spacial score (nSPS) is 11.3. The third kappa shape index (κ3) is 6.30. The topological polar surface area (TPSA) is 49.3 Å². The molecule has 0 aliphatic carbocycles. The molecule has 1 rings (SSSR count). The molecule has 3 nitrogen and oxygen atoms in total. The van der Waals surface area contributed by atoms with Crippen molar-refractivity contribution in [1.29, 1.82) is 0 Å². The molecule has 0 radical (unpaired) electrons. The number of rotatable bonds is 9. The molecule has 1 aromatic carbocycles. The van der Waals surface area contributed by atoms with Crippen molar-refractivity contribution in [2.24, 2.45) is 0 Å². The van der Waals surface area contributed by atoms with Crippen LogP contribution in [-0.2, 0) is 0 Å². The Hall–Kier alpha value is -0.810. The molecular weight excluding hydrogens is 326 g/mol. The van der Waals surface area contributed by atoms with Crippen LogP contribution in [-0.4, -0.2) is 29.1 Å². The van der Waals surface area contributed by atoms with Gasteiger partial charge in [0.15, 0.2) is 0 Å². The van der Waals surface area contributed by atoms with Crippen LogP contribution in [0.1, 0.15) is 74.4 Å². The molecule has 0 bridgehead atoms. The zero-order valence-electron chi connectivity index (χ0n) is 14.8. The van der Waals surface area contributed by atoms with E-state index in [1.54, 1.807) is 10.8 Å². The van der Waals surface area contributed by atoms with Crippen molar-refractivity contribution >= 4 is 27.5 Å². The highest BCUT2D eigenvalue weighted by atomic mass is 33.1. The van der Waals surface area contributed by atoms with Crippen LogP contribution < -0.4 is 5.32 Å². The fourth-order valence-electron chi connectivity index (χ4n) is 2.13. The lowest BCUT2D eigenvalue weighted by Gasteiger charge is -2.17. The zero-order valence-corrected chi connectivity index (χ0v) is 16.4. The zero-order chi connectivity index (χ0) is 17.4. The average molecular weight is 356 g/mol. The largest absolute Gasteiger partial charge is 0.507 e. The molecule has 1 aromatic rings. The quantitative estimate of drug-likeness (QED) is 0.474. The third-order valence-electron chi connectivity index (χ3n) is 3.54. The Kier molecular flexibility index (Phi) is 8.92. The van der Waals surface area contributed by atoms with Gasteiger partial charge in [0.2, 0.25) is 0 Å². The summed E-state index contributed by atoms with van der Waals surface area (Å²) in [6.07, 6.45) is 1.16. The summed E-state index contributed by atoms with van der Waals surface area (Å²) in [6, 6.07) is 3.83. The van der Waals surface area contributed by atoms with Gasteiger partial charge in [0.05, 0.1) is 5.56 Å². The van der Waals surface area contributed by atoms with Crippen LogP contribution in [0.3, 0.4) is 0 Å². The molecule has 0 unspecified atom stereocenters. The van der Waals surface area contributed by atoms with E-state index in [9.17, 15) is 9.90 Å². The molecule has 1 amide bonds. The van der Waals surface area contributed by atoms with E-state index in [-0.39, 0.29) is 17.6 Å². The van der Waals surface area contributed by atoms with Crippen molar-refractivity contribution < 1.29 is 9.90 Å². The van der Waals surface area contributed by atoms with Crippen molar-refractivity contribution in [3.8, 4) is 5.75 Å². The Balaban J connectivity index is 2.79. The van der Waals surface area contributed by atoms with Crippen molar-refractivity contribution in [3.05, 3.63) is 28.8 Å². The van der Waals surface area contributed by atoms with Gasteiger partial charge in [-0.05, 0) is 35.4 Å². The monoisotopic (exact) mass is 355 g/mol. The number of hydrogen-bond donors (Lipinski definition) is 2. The fraction of sp³-hybridized carbons (Fsp3) is 0.611. The van der Waals surface area contributed by atoms with Crippen molar-refractivity contribution in [1.82, 2.24) is 5.32 Å². The highest BCUT2D eigenvalue weighted by Gasteiger charge is 2.18. The summed E-state index contributed by atoms with van der Waals surface area (Å²) in [5, 5.41) is 13.4. The molecule has 0 saturated heterocycles. The van der Waals surface area contributed by atoms with Gasteiger partial charge in [-0.1, -0.05) is 62.3 Å². The van der Waals surface area contributed by atoms with Crippen LogP contribution in [0.2, 0.25) is 0 Å². The van der Waals surface area contributed by atoms with Crippen LogP contribution in [0.25, 0.3) is 0 Å². The van der Waals surface area contributed by atoms with E-state index >= 15 is 0 Å². The number of nitrogens with one attached hydrogen (secondary N) is 1. The van der Waals surface area contributed by atoms with Crippen LogP contribution >= 0.6 is 21.6 Å². The van der Waals surface area contributed by atoms with E-state index in [4.69, 9.17) is 0 Å². The van der Waals surface area contributed by atoms with Crippen LogP contribution in [0.5, 0.6) is 5.75 Å². The maximum atomic E-state index is 12.4. The van der Waals surface area contributed by atoms with Gasteiger partial charge in [0, 0.05) is 18.1 Å². The first-order valence-electron chi connectivity index (χ1n) is 8.27. The Bertz CT molecular complexity index is 516. The van der Waals surface area contributed by atoms with Gasteiger partial charge < -0.3 is 10.4 Å². The smallest absolute Gasteiger partial charge is 0.255 e. The van der Waals surface area contributed by atoms with Gasteiger partial charge in [-0.2, -0.15) is 0 Å². The first-order valence-corrected chi connectivity index (χ1v) is 10.8. The number of carbonyl (C=O) groups is 1. The van der Waals surface area contributed by atoms with Gasteiger partial charge in [0.1, 0.15) is 5.75 Å². The lowest BCUT2D eigenvalue weighted by Crippen LogP contribution is -2.26. The molecule has 23 heavy (non-hydrogen) atoms. The van der Waals surface area contributed by atoms with Gasteiger partial charge in [-0.15, -0.1) is 0 Å². The summed E-state index contributed by atoms with van der Waals surface area (Å²) < 4.78 is 0. The summed E-state index contributed by atoms with van der Waals surface area (Å²) in [7, 11) is 3.61. The number of carbonyl (C=O) groups excluding carboxylic acids is 1. The molecule has 0 aliphatic rings. The number of amides is 1. The minimum atomic E-state index is -0.187. The van der Waals surface area contributed by atoms with E-state index in [0.29, 0.717) is 18.0 Å². The molecule has 2 N–H and O–H groups in total. The maximum absolute atomic E-state index is 12.4. The van der Waals surface area contributed by atoms with Gasteiger partial charge >= 0.3 is 0 Å². The summed E-state index contributed by atoms with van der Waals surface area (Å²) in [4.78, 5) is 12.4. The van der Waals surface area contributed by atoms with Gasteiger partial charge in [-0.25, -0.2) is 0 Å². The molecule has 0 aliphatic heterocycles. The minimum absolute atomic E-state index is 0.120. The second-order valence-electron chi connectivity index (χ2n) is 6.22. The van der Waals surface area contributed by atoms with Crippen molar-refractivity contribution in [2.75, 3.05) is 18.1 Å². The lowest BCUT2D eigenvalue weighted by molar-refractivity contribution is 0.0953. The highest BCUT2D eigenvalue weighted by molar-refractivity contribution is 8.76. The summed E-state index contributed by atoms with van der Waals surface area (Å²) in [5.74, 6) is 2.44. The van der Waals surface area contributed by atoms with E-state index < -0.39 is 0 Å². The van der Waals surface area contributed by atoms with E-state index in [1.807, 2.05) is 36.8 Å². The molecule has 0 fully saturated rings. The maximum Gasteiger partial charge on any atom is 0.255 e. The minimum Gasteiger partial charge on any atom is -0.507 e. The number of benzene rings is 1. The average Bonchev–Trinajstić information content (AvgIpc) is 2.50. The first-order chi connectivity index (χ1) is 10.9. The molecule has 0 aromatic heterocycles. The van der Waals surface area contributed by atoms with E-state index in [0.717, 1.165) is 29.1 Å². The van der Waals surface area contributed by atoms with Crippen molar-refractivity contribution in [3.63, 3.8) is 0 Å². The predicted molar refractivity (Wildman–Crippen MR) is 104 cm³/mol. The number of phenols is 1. The van der Waals surface area contributed by atoms with Gasteiger partial charge in [-0.3, -0.25) is 4.79 Å². The summed E-state index contributed by atoms with van der Waals surface area (Å²) in [6.45, 7) is 11.0. The Morgan fingerprint density at radius 3 is 2.35 bits per heavy atom. The standard InChI is InChI=1S/C18H29NO2S2/c1-6-8-22-23-9-7-19-18(21)16-11-14(12(2)3)10-15(13(4)5)17(16)20/h10-13,20H,6-9H2,1-5H3,(H,19,21). The molecule has 5 heteroatoms. The van der Waals surface area contributed by atoms with Crippen molar-refractivity contribution in [2.45, 2.75) is 52.9 Å². The summed E-state index contributed by atoms with van der Waals surface area (Å²) >= 11 is 0. The summed E-state index contributed by atoms with van der Waals surface area (Å²) in [5.41, 5.74) is 2.32. The second-order valence-corrected chi connectivity index (χ2v) is 8.92. The van der Waals surface area contributed by atoms with E-state index in [2.05, 4.69) is 26.1 Å².